The molecule has 1 aliphatic heterocycles. The molecule has 0 amide bonds. The summed E-state index contributed by atoms with van der Waals surface area (Å²) >= 11 is 0. The SMILES string of the molecule is CCC(=O)/C=C/c1cccc(S(=O)(=O)N2CCN(CCOc3ccc4ccccc4c3)CC2)c1. The topological polar surface area (TPSA) is 66.9 Å². The highest BCUT2D eigenvalue weighted by Crippen LogP contribution is 2.21. The lowest BCUT2D eigenvalue weighted by Gasteiger charge is -2.33. The molecule has 7 heteroatoms. The van der Waals surface area contributed by atoms with E-state index in [2.05, 4.69) is 23.1 Å². The van der Waals surface area contributed by atoms with E-state index in [0.717, 1.165) is 17.7 Å². The lowest BCUT2D eigenvalue weighted by molar-refractivity contribution is -0.114. The number of hydrogen-bond acceptors (Lipinski definition) is 5. The van der Waals surface area contributed by atoms with E-state index in [-0.39, 0.29) is 10.7 Å². The number of rotatable bonds is 9. The zero-order valence-corrected chi connectivity index (χ0v) is 20.2. The smallest absolute Gasteiger partial charge is 0.243 e. The van der Waals surface area contributed by atoms with Crippen molar-refractivity contribution in [2.24, 2.45) is 0 Å². The van der Waals surface area contributed by atoms with E-state index in [9.17, 15) is 13.2 Å². The van der Waals surface area contributed by atoms with Gasteiger partial charge in [0.25, 0.3) is 0 Å². The van der Waals surface area contributed by atoms with Gasteiger partial charge in [-0.2, -0.15) is 4.31 Å². The molecule has 1 aliphatic rings. The average Bonchev–Trinajstić information content (AvgIpc) is 2.87. The number of carbonyl (C=O) groups excluding carboxylic acids is 1. The summed E-state index contributed by atoms with van der Waals surface area (Å²) in [5.41, 5.74) is 0.701. The number of fused-ring (bicyclic) bond motifs is 1. The van der Waals surface area contributed by atoms with Gasteiger partial charge in [-0.15, -0.1) is 0 Å². The van der Waals surface area contributed by atoms with Crippen molar-refractivity contribution in [3.8, 4) is 5.75 Å². The molecule has 1 fully saturated rings. The van der Waals surface area contributed by atoms with E-state index in [1.54, 1.807) is 37.3 Å². The Morgan fingerprint density at radius 1 is 0.941 bits per heavy atom. The summed E-state index contributed by atoms with van der Waals surface area (Å²) in [4.78, 5) is 14.0. The minimum atomic E-state index is -3.58. The monoisotopic (exact) mass is 478 g/mol. The van der Waals surface area contributed by atoms with E-state index >= 15 is 0 Å². The highest BCUT2D eigenvalue weighted by molar-refractivity contribution is 7.89. The molecule has 0 spiro atoms. The Labute approximate surface area is 201 Å². The lowest BCUT2D eigenvalue weighted by Crippen LogP contribution is -2.49. The second-order valence-electron chi connectivity index (χ2n) is 8.33. The number of allylic oxidation sites excluding steroid dienone is 1. The summed E-state index contributed by atoms with van der Waals surface area (Å²) < 4.78 is 33.7. The number of benzene rings is 3. The van der Waals surface area contributed by atoms with Gasteiger partial charge in [0.2, 0.25) is 10.0 Å². The molecule has 34 heavy (non-hydrogen) atoms. The number of sulfonamides is 1. The zero-order chi connectivity index (χ0) is 24.0. The van der Waals surface area contributed by atoms with Crippen molar-refractivity contribution < 1.29 is 17.9 Å². The Kier molecular flexibility index (Phi) is 7.77. The van der Waals surface area contributed by atoms with E-state index < -0.39 is 10.0 Å². The molecule has 0 saturated carbocycles. The van der Waals surface area contributed by atoms with Crippen LogP contribution in [0.4, 0.5) is 0 Å². The molecule has 0 bridgehead atoms. The molecular formula is C27H30N2O4S. The maximum absolute atomic E-state index is 13.1. The van der Waals surface area contributed by atoms with E-state index in [1.165, 1.54) is 15.8 Å². The predicted octanol–water partition coefficient (Wildman–Crippen LogP) is 4.22. The second kappa shape index (κ2) is 11.0. The van der Waals surface area contributed by atoms with Crippen molar-refractivity contribution in [3.05, 3.63) is 78.4 Å². The maximum atomic E-state index is 13.1. The third-order valence-corrected chi connectivity index (χ3v) is 7.93. The maximum Gasteiger partial charge on any atom is 0.243 e. The Morgan fingerprint density at radius 2 is 1.71 bits per heavy atom. The van der Waals surface area contributed by atoms with E-state index in [1.807, 2.05) is 24.3 Å². The Balaban J connectivity index is 1.29. The molecule has 1 heterocycles. The van der Waals surface area contributed by atoms with Gasteiger partial charge in [0.1, 0.15) is 12.4 Å². The van der Waals surface area contributed by atoms with Crippen LogP contribution >= 0.6 is 0 Å². The Bertz CT molecular complexity index is 1280. The average molecular weight is 479 g/mol. The van der Waals surface area contributed by atoms with Crippen LogP contribution in [0.3, 0.4) is 0 Å². The van der Waals surface area contributed by atoms with Crippen molar-refractivity contribution in [3.63, 3.8) is 0 Å². The van der Waals surface area contributed by atoms with Gasteiger partial charge in [0.15, 0.2) is 5.78 Å². The normalized spacial score (nSPS) is 15.7. The zero-order valence-electron chi connectivity index (χ0n) is 19.4. The van der Waals surface area contributed by atoms with E-state index in [4.69, 9.17) is 4.74 Å². The van der Waals surface area contributed by atoms with Crippen molar-refractivity contribution in [2.45, 2.75) is 18.2 Å². The number of ether oxygens (including phenoxy) is 1. The molecule has 0 aromatic heterocycles. The first-order valence-corrected chi connectivity index (χ1v) is 13.0. The summed E-state index contributed by atoms with van der Waals surface area (Å²) in [5, 5.41) is 2.33. The van der Waals surface area contributed by atoms with Crippen molar-refractivity contribution in [1.29, 1.82) is 0 Å². The quantitative estimate of drug-likeness (QED) is 0.431. The van der Waals surface area contributed by atoms with Gasteiger partial charge >= 0.3 is 0 Å². The standard InChI is InChI=1S/C27H30N2O4S/c1-2-25(30)12-10-22-6-5-9-27(20-22)34(31,32)29-16-14-28(15-17-29)18-19-33-26-13-11-23-7-3-4-8-24(23)21-26/h3-13,20-21H,2,14-19H2,1H3/b12-10+. The van der Waals surface area contributed by atoms with Gasteiger partial charge in [-0.25, -0.2) is 8.42 Å². The third-order valence-electron chi connectivity index (χ3n) is 6.03. The van der Waals surface area contributed by atoms with Gasteiger partial charge in [-0.1, -0.05) is 55.5 Å². The fourth-order valence-electron chi connectivity index (χ4n) is 3.98. The summed E-state index contributed by atoms with van der Waals surface area (Å²) in [6, 6.07) is 21.0. The minimum absolute atomic E-state index is 0.00831. The molecule has 0 atom stereocenters. The highest BCUT2D eigenvalue weighted by Gasteiger charge is 2.28. The minimum Gasteiger partial charge on any atom is -0.492 e. The number of hydrogen-bond donors (Lipinski definition) is 0. The van der Waals surface area contributed by atoms with Crippen LogP contribution in [-0.4, -0.2) is 62.7 Å². The summed E-state index contributed by atoms with van der Waals surface area (Å²) in [7, 11) is -3.58. The van der Waals surface area contributed by atoms with Gasteiger partial charge in [0, 0.05) is 39.1 Å². The van der Waals surface area contributed by atoms with Crippen LogP contribution in [0.15, 0.2) is 77.7 Å². The van der Waals surface area contributed by atoms with Crippen LogP contribution in [0.5, 0.6) is 5.75 Å². The molecule has 0 unspecified atom stereocenters. The van der Waals surface area contributed by atoms with Crippen LogP contribution in [0.25, 0.3) is 16.8 Å². The fourth-order valence-corrected chi connectivity index (χ4v) is 5.46. The van der Waals surface area contributed by atoms with Gasteiger partial charge in [-0.05, 0) is 46.7 Å². The number of ketones is 1. The van der Waals surface area contributed by atoms with Gasteiger partial charge < -0.3 is 4.74 Å². The van der Waals surface area contributed by atoms with Crippen molar-refractivity contribution in [1.82, 2.24) is 9.21 Å². The first-order chi connectivity index (χ1) is 16.5. The highest BCUT2D eigenvalue weighted by atomic mass is 32.2. The first-order valence-electron chi connectivity index (χ1n) is 11.6. The summed E-state index contributed by atoms with van der Waals surface area (Å²) in [5.74, 6) is 0.850. The molecule has 6 nitrogen and oxygen atoms in total. The van der Waals surface area contributed by atoms with Gasteiger partial charge in [-0.3, -0.25) is 9.69 Å². The summed E-state index contributed by atoms with van der Waals surface area (Å²) in [6.45, 7) is 5.28. The number of nitrogens with zero attached hydrogens (tertiary/aromatic N) is 2. The molecule has 178 valence electrons. The molecule has 0 radical (unpaired) electrons. The molecule has 0 N–H and O–H groups in total. The van der Waals surface area contributed by atoms with Crippen molar-refractivity contribution in [2.75, 3.05) is 39.3 Å². The Hall–Kier alpha value is -3.00. The molecule has 0 aliphatic carbocycles. The number of carbonyl (C=O) groups is 1. The lowest BCUT2D eigenvalue weighted by atomic mass is 10.1. The van der Waals surface area contributed by atoms with Gasteiger partial charge in [0.05, 0.1) is 4.90 Å². The molecule has 3 aromatic rings. The predicted molar refractivity (Wildman–Crippen MR) is 135 cm³/mol. The fraction of sp³-hybridized carbons (Fsp3) is 0.296. The molecular weight excluding hydrogens is 448 g/mol. The summed E-state index contributed by atoms with van der Waals surface area (Å²) in [6.07, 6.45) is 3.58. The van der Waals surface area contributed by atoms with Crippen LogP contribution < -0.4 is 4.74 Å². The second-order valence-corrected chi connectivity index (χ2v) is 10.3. The van der Waals surface area contributed by atoms with E-state index in [0.29, 0.717) is 44.8 Å². The largest absolute Gasteiger partial charge is 0.492 e. The van der Waals surface area contributed by atoms with Crippen LogP contribution in [-0.2, 0) is 14.8 Å². The van der Waals surface area contributed by atoms with Crippen molar-refractivity contribution >= 4 is 32.7 Å². The molecule has 3 aromatic carbocycles. The third kappa shape index (κ3) is 5.91. The Morgan fingerprint density at radius 3 is 2.47 bits per heavy atom. The van der Waals surface area contributed by atoms with Crippen LogP contribution in [0.2, 0.25) is 0 Å². The first kappa shape index (κ1) is 24.1. The van der Waals surface area contributed by atoms with Crippen LogP contribution in [0.1, 0.15) is 18.9 Å². The molecule has 4 rings (SSSR count). The number of piperazine rings is 1. The molecule has 1 saturated heterocycles. The van der Waals surface area contributed by atoms with Crippen LogP contribution in [0, 0.1) is 0 Å².